The van der Waals surface area contributed by atoms with E-state index < -0.39 is 5.41 Å². The number of hydrogen-bond donors (Lipinski definition) is 1. The molecular weight excluding hydrogens is 349 g/mol. The van der Waals surface area contributed by atoms with Crippen molar-refractivity contribution >= 4 is 11.9 Å². The van der Waals surface area contributed by atoms with Crippen molar-refractivity contribution in [1.29, 1.82) is 0 Å². The van der Waals surface area contributed by atoms with Crippen LogP contribution < -0.4 is 10.1 Å². The molecule has 2 saturated heterocycles. The normalized spacial score (nSPS) is 22.4. The Morgan fingerprint density at radius 3 is 2.89 bits per heavy atom. The van der Waals surface area contributed by atoms with E-state index in [0.29, 0.717) is 43.9 Å². The third-order valence-electron chi connectivity index (χ3n) is 5.61. The smallest absolute Gasteiger partial charge is 0.317 e. The highest BCUT2D eigenvalue weighted by Gasteiger charge is 2.49. The molecule has 2 aliphatic heterocycles. The van der Waals surface area contributed by atoms with Gasteiger partial charge in [-0.25, -0.2) is 9.18 Å². The Morgan fingerprint density at radius 1 is 1.33 bits per heavy atom. The van der Waals surface area contributed by atoms with Crippen LogP contribution in [0.25, 0.3) is 0 Å². The predicted octanol–water partition coefficient (Wildman–Crippen LogP) is 2.77. The van der Waals surface area contributed by atoms with Crippen molar-refractivity contribution in [2.75, 3.05) is 33.3 Å². The second kappa shape index (κ2) is 8.15. The molecule has 1 N–H and O–H groups in total. The Morgan fingerprint density at radius 2 is 2.15 bits per heavy atom. The van der Waals surface area contributed by atoms with Crippen LogP contribution in [0, 0.1) is 11.2 Å². The van der Waals surface area contributed by atoms with E-state index in [-0.39, 0.29) is 24.3 Å². The fourth-order valence-corrected chi connectivity index (χ4v) is 4.08. The van der Waals surface area contributed by atoms with E-state index in [1.165, 1.54) is 13.2 Å². The summed E-state index contributed by atoms with van der Waals surface area (Å²) in [6, 6.07) is 4.48. The molecule has 0 aromatic heterocycles. The summed E-state index contributed by atoms with van der Waals surface area (Å²) in [4.78, 5) is 28.9. The van der Waals surface area contributed by atoms with Gasteiger partial charge in [0.25, 0.3) is 0 Å². The molecule has 0 bridgehead atoms. The summed E-state index contributed by atoms with van der Waals surface area (Å²) in [5.41, 5.74) is -0.0766. The predicted molar refractivity (Wildman–Crippen MR) is 99.9 cm³/mol. The van der Waals surface area contributed by atoms with E-state index in [2.05, 4.69) is 5.32 Å². The molecule has 1 atom stereocenters. The number of amides is 3. The lowest BCUT2D eigenvalue weighted by Crippen LogP contribution is -2.50. The molecule has 0 unspecified atom stereocenters. The zero-order valence-corrected chi connectivity index (χ0v) is 16.1. The van der Waals surface area contributed by atoms with Crippen molar-refractivity contribution in [2.24, 2.45) is 5.41 Å². The largest absolute Gasteiger partial charge is 0.497 e. The minimum atomic E-state index is -0.531. The van der Waals surface area contributed by atoms with Gasteiger partial charge in [0.15, 0.2) is 0 Å². The topological polar surface area (TPSA) is 61.9 Å². The average Bonchev–Trinajstić information content (AvgIpc) is 3.10. The first-order chi connectivity index (χ1) is 13.0. The molecule has 0 saturated carbocycles. The molecule has 1 aromatic rings. The summed E-state index contributed by atoms with van der Waals surface area (Å²) < 4.78 is 19.4. The average molecular weight is 377 g/mol. The molecule has 2 heterocycles. The minimum absolute atomic E-state index is 0.0294. The number of ether oxygens (including phenoxy) is 1. The SMILES string of the molecule is CCCNC(=O)N1CC[C@@]2(CCCN(Cc3cc(OC)ccc3F)C2=O)C1. The second-order valence-electron chi connectivity index (χ2n) is 7.47. The molecule has 6 nitrogen and oxygen atoms in total. The lowest BCUT2D eigenvalue weighted by atomic mass is 9.78. The highest BCUT2D eigenvalue weighted by Crippen LogP contribution is 2.40. The zero-order valence-electron chi connectivity index (χ0n) is 16.1. The van der Waals surface area contributed by atoms with Gasteiger partial charge in [-0.05, 0) is 43.9 Å². The van der Waals surface area contributed by atoms with Crippen LogP contribution in [0.2, 0.25) is 0 Å². The lowest BCUT2D eigenvalue weighted by molar-refractivity contribution is -0.146. The van der Waals surface area contributed by atoms with Gasteiger partial charge in [0.05, 0.1) is 12.5 Å². The molecule has 1 aromatic carbocycles. The Balaban J connectivity index is 1.70. The monoisotopic (exact) mass is 377 g/mol. The summed E-state index contributed by atoms with van der Waals surface area (Å²) in [7, 11) is 1.54. The standard InChI is InChI=1S/C20H28FN3O3/c1-3-9-22-19(26)24-11-8-20(14-24)7-4-10-23(18(20)25)13-15-12-16(27-2)5-6-17(15)21/h5-6,12H,3-4,7-11,13-14H2,1-2H3,(H,22,26)/t20-/m0/s1. The summed E-state index contributed by atoms with van der Waals surface area (Å²) in [6.07, 6.45) is 3.19. The number of urea groups is 1. The van der Waals surface area contributed by atoms with Crippen LogP contribution >= 0.6 is 0 Å². The van der Waals surface area contributed by atoms with Gasteiger partial charge in [0, 0.05) is 38.3 Å². The van der Waals surface area contributed by atoms with Crippen LogP contribution in [-0.2, 0) is 11.3 Å². The van der Waals surface area contributed by atoms with E-state index in [1.807, 2.05) is 6.92 Å². The molecule has 0 aliphatic carbocycles. The van der Waals surface area contributed by atoms with E-state index in [9.17, 15) is 14.0 Å². The van der Waals surface area contributed by atoms with Gasteiger partial charge >= 0.3 is 6.03 Å². The second-order valence-corrected chi connectivity index (χ2v) is 7.47. The fourth-order valence-electron chi connectivity index (χ4n) is 4.08. The number of benzene rings is 1. The Bertz CT molecular complexity index is 712. The first-order valence-corrected chi connectivity index (χ1v) is 9.63. The molecule has 3 rings (SSSR count). The van der Waals surface area contributed by atoms with Gasteiger partial charge in [-0.3, -0.25) is 4.79 Å². The van der Waals surface area contributed by atoms with Crippen LogP contribution in [0.4, 0.5) is 9.18 Å². The fraction of sp³-hybridized carbons (Fsp3) is 0.600. The number of hydrogen-bond acceptors (Lipinski definition) is 3. The highest BCUT2D eigenvalue weighted by molar-refractivity contribution is 5.85. The van der Waals surface area contributed by atoms with Crippen molar-refractivity contribution in [3.63, 3.8) is 0 Å². The van der Waals surface area contributed by atoms with Crippen LogP contribution in [-0.4, -0.2) is 55.0 Å². The quantitative estimate of drug-likeness (QED) is 0.858. The van der Waals surface area contributed by atoms with Crippen LogP contribution in [0.3, 0.4) is 0 Å². The maximum atomic E-state index is 14.2. The number of nitrogens with one attached hydrogen (secondary N) is 1. The number of piperidine rings is 1. The molecule has 3 amide bonds. The Kier molecular flexibility index (Phi) is 5.87. The van der Waals surface area contributed by atoms with E-state index >= 15 is 0 Å². The Hall–Kier alpha value is -2.31. The number of carbonyl (C=O) groups is 2. The maximum Gasteiger partial charge on any atom is 0.317 e. The van der Waals surface area contributed by atoms with Gasteiger partial charge < -0.3 is 19.9 Å². The van der Waals surface area contributed by atoms with Crippen molar-refractivity contribution in [3.8, 4) is 5.75 Å². The van der Waals surface area contributed by atoms with Crippen LogP contribution in [0.5, 0.6) is 5.75 Å². The van der Waals surface area contributed by atoms with Crippen molar-refractivity contribution in [1.82, 2.24) is 15.1 Å². The maximum absolute atomic E-state index is 14.2. The number of halogens is 1. The van der Waals surface area contributed by atoms with Crippen LogP contribution in [0.1, 0.15) is 38.2 Å². The molecule has 1 spiro atoms. The van der Waals surface area contributed by atoms with Crippen molar-refractivity contribution < 1.29 is 18.7 Å². The van der Waals surface area contributed by atoms with Gasteiger partial charge in [-0.2, -0.15) is 0 Å². The minimum Gasteiger partial charge on any atom is -0.497 e. The van der Waals surface area contributed by atoms with Crippen molar-refractivity contribution in [3.05, 3.63) is 29.6 Å². The number of nitrogens with zero attached hydrogens (tertiary/aromatic N) is 2. The van der Waals surface area contributed by atoms with Crippen molar-refractivity contribution in [2.45, 2.75) is 39.2 Å². The zero-order chi connectivity index (χ0) is 19.4. The van der Waals surface area contributed by atoms with E-state index in [0.717, 1.165) is 19.3 Å². The molecule has 148 valence electrons. The number of likely N-dealkylation sites (tertiary alicyclic amines) is 2. The highest BCUT2D eigenvalue weighted by atomic mass is 19.1. The molecule has 2 fully saturated rings. The lowest BCUT2D eigenvalue weighted by Gasteiger charge is -2.39. The summed E-state index contributed by atoms with van der Waals surface area (Å²) in [5.74, 6) is 0.266. The molecule has 0 radical (unpaired) electrons. The van der Waals surface area contributed by atoms with E-state index in [1.54, 1.807) is 21.9 Å². The summed E-state index contributed by atoms with van der Waals surface area (Å²) in [5, 5.41) is 2.88. The Labute approximate surface area is 159 Å². The van der Waals surface area contributed by atoms with Gasteiger partial charge in [-0.1, -0.05) is 6.92 Å². The van der Waals surface area contributed by atoms with Crippen LogP contribution in [0.15, 0.2) is 18.2 Å². The molecular formula is C20H28FN3O3. The summed E-state index contributed by atoms with van der Waals surface area (Å²) in [6.45, 7) is 4.51. The number of methoxy groups -OCH3 is 1. The first-order valence-electron chi connectivity index (χ1n) is 9.63. The number of rotatable bonds is 5. The molecule has 27 heavy (non-hydrogen) atoms. The molecule has 7 heteroatoms. The third kappa shape index (κ3) is 4.01. The third-order valence-corrected chi connectivity index (χ3v) is 5.61. The van der Waals surface area contributed by atoms with Gasteiger partial charge in [-0.15, -0.1) is 0 Å². The number of carbonyl (C=O) groups excluding carboxylic acids is 2. The molecule has 2 aliphatic rings. The van der Waals surface area contributed by atoms with Gasteiger partial charge in [0.1, 0.15) is 11.6 Å². The summed E-state index contributed by atoms with van der Waals surface area (Å²) >= 11 is 0. The van der Waals surface area contributed by atoms with E-state index in [4.69, 9.17) is 4.74 Å². The first kappa shape index (κ1) is 19.5. The van der Waals surface area contributed by atoms with Gasteiger partial charge in [0.2, 0.25) is 5.91 Å².